The first-order valence-corrected chi connectivity index (χ1v) is 9.17. The minimum Gasteiger partial charge on any atom is -0.372 e. The van der Waals surface area contributed by atoms with Crippen LogP contribution in [0.4, 0.5) is 28.4 Å². The highest BCUT2D eigenvalue weighted by Gasteiger charge is 2.18. The van der Waals surface area contributed by atoms with E-state index in [2.05, 4.69) is 20.4 Å². The van der Waals surface area contributed by atoms with Crippen LogP contribution in [0.1, 0.15) is 26.3 Å². The third kappa shape index (κ3) is 5.04. The smallest absolute Gasteiger partial charge is 0.298 e. The van der Waals surface area contributed by atoms with Gasteiger partial charge in [0, 0.05) is 31.8 Å². The molecule has 0 aromatic heterocycles. The van der Waals surface area contributed by atoms with E-state index in [4.69, 9.17) is 11.6 Å². The Kier molecular flexibility index (Phi) is 7.06. The number of halogens is 1. The van der Waals surface area contributed by atoms with Gasteiger partial charge in [-0.2, -0.15) is 0 Å². The van der Waals surface area contributed by atoms with Gasteiger partial charge in [-0.3, -0.25) is 14.9 Å². The summed E-state index contributed by atoms with van der Waals surface area (Å²) in [6, 6.07) is 8.33. The molecule has 2 aromatic rings. The molecule has 0 heterocycles. The molecule has 0 bridgehead atoms. The number of nitro groups is 1. The topological polar surface area (TPSA) is 100 Å². The Morgan fingerprint density at radius 1 is 1.21 bits per heavy atom. The summed E-state index contributed by atoms with van der Waals surface area (Å²) >= 11 is 6.14. The van der Waals surface area contributed by atoms with Crippen molar-refractivity contribution in [2.24, 2.45) is 10.2 Å². The third-order valence-corrected chi connectivity index (χ3v) is 4.35. The monoisotopic (exact) mass is 403 g/mol. The van der Waals surface area contributed by atoms with Crippen molar-refractivity contribution in [3.63, 3.8) is 0 Å². The van der Waals surface area contributed by atoms with E-state index in [1.165, 1.54) is 13.0 Å². The summed E-state index contributed by atoms with van der Waals surface area (Å²) in [7, 11) is 0. The summed E-state index contributed by atoms with van der Waals surface area (Å²) in [6.45, 7) is 8.79. The molecule has 8 nitrogen and oxygen atoms in total. The summed E-state index contributed by atoms with van der Waals surface area (Å²) in [6.07, 6.45) is 0. The largest absolute Gasteiger partial charge is 0.372 e. The van der Waals surface area contributed by atoms with E-state index in [-0.39, 0.29) is 22.3 Å². The summed E-state index contributed by atoms with van der Waals surface area (Å²) in [5, 5.41) is 22.3. The van der Waals surface area contributed by atoms with Crippen molar-refractivity contribution >= 4 is 45.9 Å². The van der Waals surface area contributed by atoms with Gasteiger partial charge in [0.15, 0.2) is 5.69 Å². The fourth-order valence-corrected chi connectivity index (χ4v) is 3.05. The lowest BCUT2D eigenvalue weighted by Crippen LogP contribution is -2.21. The number of hydrogen-bond acceptors (Lipinski definition) is 6. The lowest BCUT2D eigenvalue weighted by Gasteiger charge is -2.22. The molecule has 0 spiro atoms. The number of rotatable bonds is 7. The van der Waals surface area contributed by atoms with Crippen molar-refractivity contribution in [3.05, 3.63) is 51.0 Å². The lowest BCUT2D eigenvalue weighted by molar-refractivity contribution is -0.384. The summed E-state index contributed by atoms with van der Waals surface area (Å²) in [4.78, 5) is 24.5. The molecule has 0 fully saturated rings. The number of benzene rings is 2. The van der Waals surface area contributed by atoms with Gasteiger partial charge in [-0.25, -0.2) is 0 Å². The average Bonchev–Trinajstić information content (AvgIpc) is 2.62. The van der Waals surface area contributed by atoms with E-state index in [9.17, 15) is 14.9 Å². The van der Waals surface area contributed by atoms with Crippen LogP contribution in [-0.4, -0.2) is 23.9 Å². The molecule has 2 aromatic carbocycles. The quantitative estimate of drug-likeness (QED) is 0.360. The number of anilines is 2. The maximum absolute atomic E-state index is 11.6. The molecule has 1 amide bonds. The lowest BCUT2D eigenvalue weighted by atomic mass is 10.2. The van der Waals surface area contributed by atoms with Crippen LogP contribution in [0.5, 0.6) is 0 Å². The molecule has 148 valence electrons. The molecule has 2 rings (SSSR count). The summed E-state index contributed by atoms with van der Waals surface area (Å²) in [5.41, 5.74) is 2.15. The van der Waals surface area contributed by atoms with E-state index in [1.807, 2.05) is 19.9 Å². The van der Waals surface area contributed by atoms with E-state index in [1.54, 1.807) is 25.1 Å². The number of nitrogens with one attached hydrogen (secondary N) is 1. The Labute approximate surface area is 168 Å². The van der Waals surface area contributed by atoms with Gasteiger partial charge < -0.3 is 10.2 Å². The minimum absolute atomic E-state index is 0.0288. The zero-order chi connectivity index (χ0) is 20.8. The van der Waals surface area contributed by atoms with E-state index >= 15 is 0 Å². The first-order valence-electron chi connectivity index (χ1n) is 8.79. The van der Waals surface area contributed by atoms with Gasteiger partial charge in [-0.1, -0.05) is 11.6 Å². The number of carbonyl (C=O) groups excluding carboxylic acids is 1. The van der Waals surface area contributed by atoms with Gasteiger partial charge in [0.1, 0.15) is 5.69 Å². The number of nitrogens with zero attached hydrogens (tertiary/aromatic N) is 4. The van der Waals surface area contributed by atoms with Crippen molar-refractivity contribution in [3.8, 4) is 0 Å². The minimum atomic E-state index is -0.550. The molecular formula is C19H22ClN5O3. The van der Waals surface area contributed by atoms with E-state index < -0.39 is 4.92 Å². The maximum Gasteiger partial charge on any atom is 0.298 e. The van der Waals surface area contributed by atoms with Crippen molar-refractivity contribution < 1.29 is 9.72 Å². The highest BCUT2D eigenvalue weighted by molar-refractivity contribution is 6.33. The van der Waals surface area contributed by atoms with Crippen LogP contribution in [0.25, 0.3) is 0 Å². The average molecular weight is 404 g/mol. The number of nitro benzene ring substituents is 1. The second-order valence-electron chi connectivity index (χ2n) is 6.13. The van der Waals surface area contributed by atoms with Crippen LogP contribution in [0.2, 0.25) is 5.02 Å². The Balaban J connectivity index is 2.51. The van der Waals surface area contributed by atoms with Gasteiger partial charge in [-0.05, 0) is 50.6 Å². The number of hydrogen-bond donors (Lipinski definition) is 1. The molecule has 0 unspecified atom stereocenters. The number of carbonyl (C=O) groups is 1. The predicted molar refractivity (Wildman–Crippen MR) is 111 cm³/mol. The van der Waals surface area contributed by atoms with Crippen LogP contribution in [0.15, 0.2) is 40.6 Å². The van der Waals surface area contributed by atoms with E-state index in [0.29, 0.717) is 16.9 Å². The van der Waals surface area contributed by atoms with Gasteiger partial charge in [0.25, 0.3) is 5.69 Å². The first-order chi connectivity index (χ1) is 13.3. The molecule has 0 atom stereocenters. The van der Waals surface area contributed by atoms with Crippen LogP contribution < -0.4 is 10.2 Å². The van der Waals surface area contributed by atoms with Crippen molar-refractivity contribution in [2.45, 2.75) is 27.7 Å². The van der Waals surface area contributed by atoms with Crippen LogP contribution in [0.3, 0.4) is 0 Å². The van der Waals surface area contributed by atoms with Crippen molar-refractivity contribution in [1.29, 1.82) is 0 Å². The second kappa shape index (κ2) is 9.27. The first kappa shape index (κ1) is 21.3. The number of azo groups is 1. The molecule has 9 heteroatoms. The molecule has 1 N–H and O–H groups in total. The molecule has 0 aliphatic carbocycles. The zero-order valence-corrected chi connectivity index (χ0v) is 16.9. The Hall–Kier alpha value is -3.00. The summed E-state index contributed by atoms with van der Waals surface area (Å²) in [5.74, 6) is -0.257. The molecule has 28 heavy (non-hydrogen) atoms. The second-order valence-corrected chi connectivity index (χ2v) is 6.53. The maximum atomic E-state index is 11.6. The molecule has 0 aliphatic heterocycles. The Morgan fingerprint density at radius 2 is 1.89 bits per heavy atom. The van der Waals surface area contributed by atoms with Gasteiger partial charge in [-0.15, -0.1) is 10.2 Å². The van der Waals surface area contributed by atoms with Gasteiger partial charge in [0.05, 0.1) is 15.6 Å². The Bertz CT molecular complexity index is 926. The highest BCUT2D eigenvalue weighted by atomic mass is 35.5. The normalized spacial score (nSPS) is 10.9. The van der Waals surface area contributed by atoms with Gasteiger partial charge >= 0.3 is 0 Å². The molecule has 0 saturated carbocycles. The molecule has 0 saturated heterocycles. The fraction of sp³-hybridized carbons (Fsp3) is 0.316. The molecule has 0 aliphatic rings. The SMILES string of the molecule is CCN(CC)c1ccc(N=Nc2c(Cl)cc(C)cc2[N+](=O)[O-])c(NC(C)=O)c1. The Morgan fingerprint density at radius 3 is 2.46 bits per heavy atom. The van der Waals surface area contributed by atoms with Crippen LogP contribution in [-0.2, 0) is 4.79 Å². The molecular weight excluding hydrogens is 382 g/mol. The van der Waals surface area contributed by atoms with Crippen LogP contribution in [0, 0.1) is 17.0 Å². The van der Waals surface area contributed by atoms with E-state index in [0.717, 1.165) is 18.8 Å². The molecule has 0 radical (unpaired) electrons. The fourth-order valence-electron chi connectivity index (χ4n) is 2.74. The zero-order valence-electron chi connectivity index (χ0n) is 16.2. The van der Waals surface area contributed by atoms with Crippen molar-refractivity contribution in [2.75, 3.05) is 23.3 Å². The third-order valence-electron chi connectivity index (χ3n) is 4.06. The standard InChI is InChI=1S/C19H22ClN5O3/c1-5-24(6-2)14-7-8-16(17(11-14)21-13(4)26)22-23-19-15(20)9-12(3)10-18(19)25(27)28/h7-11H,5-6H2,1-4H3,(H,21,26). The number of amides is 1. The summed E-state index contributed by atoms with van der Waals surface area (Å²) < 4.78 is 0. The van der Waals surface area contributed by atoms with Crippen molar-refractivity contribution in [1.82, 2.24) is 0 Å². The van der Waals surface area contributed by atoms with Crippen LogP contribution >= 0.6 is 11.6 Å². The predicted octanol–water partition coefficient (Wildman–Crippen LogP) is 5.78. The van der Waals surface area contributed by atoms with Gasteiger partial charge in [0.2, 0.25) is 5.91 Å². The number of aryl methyl sites for hydroxylation is 1. The highest BCUT2D eigenvalue weighted by Crippen LogP contribution is 2.38.